The van der Waals surface area contributed by atoms with Crippen LogP contribution in [0.25, 0.3) is 11.3 Å². The number of nitrogens with zero attached hydrogens (tertiary/aromatic N) is 1. The highest BCUT2D eigenvalue weighted by molar-refractivity contribution is 7.12. The predicted molar refractivity (Wildman–Crippen MR) is 83.6 cm³/mol. The van der Waals surface area contributed by atoms with Crippen LogP contribution in [0.2, 0.25) is 0 Å². The highest BCUT2D eigenvalue weighted by Crippen LogP contribution is 2.40. The second kappa shape index (κ2) is 4.86. The van der Waals surface area contributed by atoms with Gasteiger partial charge in [-0.25, -0.2) is 4.98 Å². The molecule has 0 bridgehead atoms. The van der Waals surface area contributed by atoms with Crippen LogP contribution in [-0.4, -0.2) is 18.6 Å². The van der Waals surface area contributed by atoms with Crippen molar-refractivity contribution in [1.82, 2.24) is 4.98 Å². The summed E-state index contributed by atoms with van der Waals surface area (Å²) >= 11 is 1.81. The summed E-state index contributed by atoms with van der Waals surface area (Å²) in [7, 11) is 1.70. The number of rotatable bonds is 3. The third-order valence-corrected chi connectivity index (χ3v) is 5.46. The van der Waals surface area contributed by atoms with Crippen molar-refractivity contribution in [1.29, 1.82) is 0 Å². The van der Waals surface area contributed by atoms with E-state index in [-0.39, 0.29) is 5.41 Å². The van der Waals surface area contributed by atoms with E-state index < -0.39 is 0 Å². The van der Waals surface area contributed by atoms with Gasteiger partial charge in [0.25, 0.3) is 0 Å². The molecule has 2 aromatic rings. The Morgan fingerprint density at radius 3 is 2.85 bits per heavy atom. The summed E-state index contributed by atoms with van der Waals surface area (Å²) in [4.78, 5) is 6.27. The van der Waals surface area contributed by atoms with Gasteiger partial charge in [-0.2, -0.15) is 0 Å². The van der Waals surface area contributed by atoms with Crippen molar-refractivity contribution in [2.75, 3.05) is 13.7 Å². The smallest absolute Gasteiger partial charge is 0.119 e. The molecule has 0 amide bonds. The minimum atomic E-state index is -0.0545. The second-order valence-electron chi connectivity index (χ2n) is 5.90. The van der Waals surface area contributed by atoms with Crippen molar-refractivity contribution in [2.45, 2.75) is 32.1 Å². The maximum absolute atomic E-state index is 5.88. The van der Waals surface area contributed by atoms with Crippen molar-refractivity contribution in [3.05, 3.63) is 33.6 Å². The Morgan fingerprint density at radius 2 is 2.15 bits per heavy atom. The average Bonchev–Trinajstić information content (AvgIpc) is 2.92. The van der Waals surface area contributed by atoms with Crippen LogP contribution in [0, 0.1) is 0 Å². The Balaban J connectivity index is 2.12. The topological polar surface area (TPSA) is 48.1 Å². The number of aryl methyl sites for hydroxylation is 2. The molecule has 0 aliphatic heterocycles. The van der Waals surface area contributed by atoms with Crippen LogP contribution < -0.4 is 10.5 Å². The SMILES string of the molecule is COc1ccc2c(c1)-c1nc(C(C)(C)CN)sc1CC2. The molecule has 1 aromatic carbocycles. The molecule has 0 unspecified atom stereocenters. The highest BCUT2D eigenvalue weighted by atomic mass is 32.1. The zero-order valence-electron chi connectivity index (χ0n) is 12.2. The first-order valence-electron chi connectivity index (χ1n) is 6.92. The van der Waals surface area contributed by atoms with E-state index in [9.17, 15) is 0 Å². The van der Waals surface area contributed by atoms with E-state index in [1.807, 2.05) is 17.4 Å². The van der Waals surface area contributed by atoms with Crippen LogP contribution in [0.15, 0.2) is 18.2 Å². The Hall–Kier alpha value is -1.39. The molecule has 0 saturated heterocycles. The largest absolute Gasteiger partial charge is 0.497 e. The minimum absolute atomic E-state index is 0.0545. The Labute approximate surface area is 123 Å². The first-order chi connectivity index (χ1) is 9.55. The number of hydrogen-bond acceptors (Lipinski definition) is 4. The van der Waals surface area contributed by atoms with Gasteiger partial charge in [-0.15, -0.1) is 11.3 Å². The maximum Gasteiger partial charge on any atom is 0.119 e. The van der Waals surface area contributed by atoms with Gasteiger partial charge in [0.15, 0.2) is 0 Å². The van der Waals surface area contributed by atoms with E-state index in [4.69, 9.17) is 15.5 Å². The van der Waals surface area contributed by atoms with E-state index in [1.165, 1.54) is 16.0 Å². The van der Waals surface area contributed by atoms with Crippen LogP contribution in [0.5, 0.6) is 5.75 Å². The first-order valence-corrected chi connectivity index (χ1v) is 7.74. The molecule has 1 aliphatic rings. The van der Waals surface area contributed by atoms with Gasteiger partial charge < -0.3 is 10.5 Å². The highest BCUT2D eigenvalue weighted by Gasteiger charge is 2.28. The molecule has 0 fully saturated rings. The van der Waals surface area contributed by atoms with Crippen molar-refractivity contribution < 1.29 is 4.74 Å². The summed E-state index contributed by atoms with van der Waals surface area (Å²) in [5, 5.41) is 1.14. The molecule has 0 spiro atoms. The van der Waals surface area contributed by atoms with Crippen molar-refractivity contribution >= 4 is 11.3 Å². The van der Waals surface area contributed by atoms with Crippen LogP contribution in [-0.2, 0) is 18.3 Å². The Bertz CT molecular complexity index is 646. The third-order valence-electron chi connectivity index (χ3n) is 3.98. The number of fused-ring (bicyclic) bond motifs is 3. The lowest BCUT2D eigenvalue weighted by molar-refractivity contribution is 0.415. The maximum atomic E-state index is 5.88. The molecule has 1 aromatic heterocycles. The number of benzene rings is 1. The van der Waals surface area contributed by atoms with Crippen molar-refractivity contribution in [3.63, 3.8) is 0 Å². The average molecular weight is 288 g/mol. The molecular formula is C16H20N2OS. The van der Waals surface area contributed by atoms with E-state index in [0.29, 0.717) is 6.54 Å². The van der Waals surface area contributed by atoms with E-state index in [2.05, 4.69) is 26.0 Å². The zero-order chi connectivity index (χ0) is 14.3. The number of hydrogen-bond donors (Lipinski definition) is 1. The first kappa shape index (κ1) is 13.6. The number of aromatic nitrogens is 1. The minimum Gasteiger partial charge on any atom is -0.497 e. The normalized spacial score (nSPS) is 13.8. The summed E-state index contributed by atoms with van der Waals surface area (Å²) in [6.45, 7) is 4.93. The summed E-state index contributed by atoms with van der Waals surface area (Å²) < 4.78 is 5.35. The molecule has 3 rings (SSSR count). The van der Waals surface area contributed by atoms with E-state index in [0.717, 1.165) is 29.3 Å². The van der Waals surface area contributed by atoms with Crippen LogP contribution in [0.3, 0.4) is 0 Å². The summed E-state index contributed by atoms with van der Waals surface area (Å²) in [6, 6.07) is 6.29. The van der Waals surface area contributed by atoms with Crippen LogP contribution >= 0.6 is 11.3 Å². The van der Waals surface area contributed by atoms with Gasteiger partial charge in [-0.1, -0.05) is 19.9 Å². The number of methoxy groups -OCH3 is 1. The van der Waals surface area contributed by atoms with Gasteiger partial charge >= 0.3 is 0 Å². The van der Waals surface area contributed by atoms with Gasteiger partial charge in [0.05, 0.1) is 12.8 Å². The molecular weight excluding hydrogens is 268 g/mol. The summed E-state index contributed by atoms with van der Waals surface area (Å²) in [5.74, 6) is 0.893. The van der Waals surface area contributed by atoms with Crippen molar-refractivity contribution in [2.24, 2.45) is 5.73 Å². The fourth-order valence-corrected chi connectivity index (χ4v) is 3.66. The third kappa shape index (κ3) is 2.13. The lowest BCUT2D eigenvalue weighted by Gasteiger charge is -2.18. The summed E-state index contributed by atoms with van der Waals surface area (Å²) in [6.07, 6.45) is 2.16. The quantitative estimate of drug-likeness (QED) is 0.944. The summed E-state index contributed by atoms with van der Waals surface area (Å²) in [5.41, 5.74) is 9.54. The molecule has 0 atom stereocenters. The Kier molecular flexibility index (Phi) is 3.30. The molecule has 1 aliphatic carbocycles. The molecule has 106 valence electrons. The number of ether oxygens (including phenoxy) is 1. The number of thiazole rings is 1. The monoisotopic (exact) mass is 288 g/mol. The Morgan fingerprint density at radius 1 is 1.35 bits per heavy atom. The van der Waals surface area contributed by atoms with Crippen LogP contribution in [0.4, 0.5) is 0 Å². The molecule has 3 nitrogen and oxygen atoms in total. The molecule has 0 radical (unpaired) electrons. The van der Waals surface area contributed by atoms with E-state index in [1.54, 1.807) is 7.11 Å². The lowest BCUT2D eigenvalue weighted by Crippen LogP contribution is -2.27. The van der Waals surface area contributed by atoms with Gasteiger partial charge in [0.2, 0.25) is 0 Å². The van der Waals surface area contributed by atoms with Crippen molar-refractivity contribution in [3.8, 4) is 17.0 Å². The fraction of sp³-hybridized carbons (Fsp3) is 0.438. The lowest BCUT2D eigenvalue weighted by atomic mass is 9.92. The fourth-order valence-electron chi connectivity index (χ4n) is 2.48. The van der Waals surface area contributed by atoms with Gasteiger partial charge in [-0.05, 0) is 30.5 Å². The predicted octanol–water partition coefficient (Wildman–Crippen LogP) is 3.15. The van der Waals surface area contributed by atoms with Crippen LogP contribution in [0.1, 0.15) is 29.3 Å². The van der Waals surface area contributed by atoms with E-state index >= 15 is 0 Å². The molecule has 20 heavy (non-hydrogen) atoms. The van der Waals surface area contributed by atoms with Gasteiger partial charge in [-0.3, -0.25) is 0 Å². The zero-order valence-corrected chi connectivity index (χ0v) is 13.0. The second-order valence-corrected chi connectivity index (χ2v) is 6.99. The van der Waals surface area contributed by atoms with Gasteiger partial charge in [0.1, 0.15) is 10.8 Å². The molecule has 4 heteroatoms. The molecule has 0 saturated carbocycles. The molecule has 1 heterocycles. The molecule has 2 N–H and O–H groups in total. The number of nitrogens with two attached hydrogens (primary N) is 1. The van der Waals surface area contributed by atoms with Gasteiger partial charge in [0, 0.05) is 22.4 Å². The standard InChI is InChI=1S/C16H20N2OS/c1-16(2,9-17)15-18-14-12-8-11(19-3)6-4-10(12)5-7-13(14)20-15/h4,6,8H,5,7,9,17H2,1-3H3.